The molecule has 3 rings (SSSR count). The lowest BCUT2D eigenvalue weighted by atomic mass is 9.90. The highest BCUT2D eigenvalue weighted by Crippen LogP contribution is 2.35. The molecule has 2 atom stereocenters. The van der Waals surface area contributed by atoms with Gasteiger partial charge in [-0.3, -0.25) is 4.90 Å². The smallest absolute Gasteiger partial charge is 0.328 e. The van der Waals surface area contributed by atoms with Crippen molar-refractivity contribution in [1.29, 1.82) is 0 Å². The predicted octanol–water partition coefficient (Wildman–Crippen LogP) is 4.12. The first-order valence-electron chi connectivity index (χ1n) is 9.50. The Morgan fingerprint density at radius 1 is 1.29 bits per heavy atom. The molecule has 0 amide bonds. The molecule has 1 aromatic heterocycles. The minimum atomic E-state index is -1.02. The molecular weight excluding hydrogens is 461 g/mol. The molecule has 2 aromatic rings. The number of methoxy groups -OCH3 is 1. The molecular formula is C21H21Cl2N3O4S. The minimum Gasteiger partial charge on any atom is -0.478 e. The Hall–Kier alpha value is -2.13. The Bertz CT molecular complexity index is 971. The van der Waals surface area contributed by atoms with E-state index in [4.69, 9.17) is 27.9 Å². The number of hydrogen-bond donors (Lipinski definition) is 1. The Kier molecular flexibility index (Phi) is 8.31. The third-order valence-corrected chi connectivity index (χ3v) is 6.64. The van der Waals surface area contributed by atoms with Gasteiger partial charge in [-0.15, -0.1) is 22.0 Å². The molecule has 1 aromatic carbocycles. The van der Waals surface area contributed by atoms with Gasteiger partial charge in [-0.1, -0.05) is 41.4 Å². The molecule has 164 valence electrons. The molecule has 0 radical (unpaired) electrons. The first kappa shape index (κ1) is 23.5. The number of carbonyl (C=O) groups is 2. The van der Waals surface area contributed by atoms with Crippen molar-refractivity contribution in [3.63, 3.8) is 0 Å². The SMILES string of the molecule is COC(=O)C(c1ccccc1Cl)N1CCC(CSc2ccc(Cl)nn2)C(=CC(=O)O)C1. The molecule has 10 heteroatoms. The van der Waals surface area contributed by atoms with Gasteiger partial charge in [0.1, 0.15) is 11.1 Å². The summed E-state index contributed by atoms with van der Waals surface area (Å²) in [6, 6.07) is 9.83. The summed E-state index contributed by atoms with van der Waals surface area (Å²) < 4.78 is 5.03. The van der Waals surface area contributed by atoms with Gasteiger partial charge in [0.25, 0.3) is 0 Å². The standard InChI is InChI=1S/C21H21Cl2N3O4S/c1-30-21(29)20(15-4-2-3-5-16(15)22)26-9-8-13(14(11-26)10-19(27)28)12-31-18-7-6-17(23)24-25-18/h2-7,10,13,20H,8-9,11-12H2,1H3,(H,27,28). The number of benzene rings is 1. The number of halogens is 2. The van der Waals surface area contributed by atoms with Crippen LogP contribution in [0.1, 0.15) is 18.0 Å². The Morgan fingerprint density at radius 2 is 2.06 bits per heavy atom. The number of rotatable bonds is 7. The van der Waals surface area contributed by atoms with Crippen molar-refractivity contribution in [2.24, 2.45) is 5.92 Å². The van der Waals surface area contributed by atoms with Gasteiger partial charge in [0.2, 0.25) is 0 Å². The van der Waals surface area contributed by atoms with Crippen LogP contribution in [0.5, 0.6) is 0 Å². The van der Waals surface area contributed by atoms with Gasteiger partial charge in [-0.25, -0.2) is 9.59 Å². The van der Waals surface area contributed by atoms with Gasteiger partial charge in [0.05, 0.1) is 7.11 Å². The van der Waals surface area contributed by atoms with E-state index in [0.717, 1.165) is 5.57 Å². The normalized spacial score (nSPS) is 19.2. The van der Waals surface area contributed by atoms with Crippen molar-refractivity contribution in [2.75, 3.05) is 26.0 Å². The van der Waals surface area contributed by atoms with Crippen LogP contribution in [0.15, 0.2) is 53.1 Å². The van der Waals surface area contributed by atoms with E-state index in [2.05, 4.69) is 10.2 Å². The van der Waals surface area contributed by atoms with Crippen LogP contribution in [0, 0.1) is 5.92 Å². The molecule has 2 heterocycles. The second kappa shape index (κ2) is 10.9. The number of hydrogen-bond acceptors (Lipinski definition) is 7. The molecule has 0 bridgehead atoms. The van der Waals surface area contributed by atoms with Crippen LogP contribution in [-0.2, 0) is 14.3 Å². The highest BCUT2D eigenvalue weighted by molar-refractivity contribution is 7.99. The summed E-state index contributed by atoms with van der Waals surface area (Å²) in [5.74, 6) is -0.810. The third kappa shape index (κ3) is 6.20. The van der Waals surface area contributed by atoms with Crippen LogP contribution in [0.25, 0.3) is 0 Å². The Morgan fingerprint density at radius 3 is 2.71 bits per heavy atom. The number of carbonyl (C=O) groups excluding carboxylic acids is 1. The largest absolute Gasteiger partial charge is 0.478 e. The molecule has 1 aliphatic rings. The quantitative estimate of drug-likeness (QED) is 0.358. The number of aromatic nitrogens is 2. The van der Waals surface area contributed by atoms with E-state index in [1.165, 1.54) is 24.9 Å². The molecule has 0 spiro atoms. The van der Waals surface area contributed by atoms with Gasteiger partial charge < -0.3 is 9.84 Å². The summed E-state index contributed by atoms with van der Waals surface area (Å²) >= 11 is 13.6. The van der Waals surface area contributed by atoms with E-state index >= 15 is 0 Å². The second-order valence-corrected chi connectivity index (χ2v) is 8.80. The van der Waals surface area contributed by atoms with Crippen LogP contribution in [0.2, 0.25) is 10.2 Å². The van der Waals surface area contributed by atoms with E-state index in [1.54, 1.807) is 30.3 Å². The molecule has 0 saturated carbocycles. The molecule has 1 aliphatic heterocycles. The van der Waals surface area contributed by atoms with E-state index in [-0.39, 0.29) is 5.92 Å². The summed E-state index contributed by atoms with van der Waals surface area (Å²) in [6.07, 6.45) is 1.90. The van der Waals surface area contributed by atoms with Crippen molar-refractivity contribution < 1.29 is 19.4 Å². The lowest BCUT2D eigenvalue weighted by Gasteiger charge is -2.38. The fraction of sp³-hybridized carbons (Fsp3) is 0.333. The average Bonchev–Trinajstić information content (AvgIpc) is 2.75. The summed E-state index contributed by atoms with van der Waals surface area (Å²) in [5.41, 5.74) is 1.36. The molecule has 31 heavy (non-hydrogen) atoms. The van der Waals surface area contributed by atoms with E-state index in [9.17, 15) is 14.7 Å². The number of likely N-dealkylation sites (tertiary alicyclic amines) is 1. The summed E-state index contributed by atoms with van der Waals surface area (Å²) in [6.45, 7) is 0.897. The first-order valence-corrected chi connectivity index (χ1v) is 11.2. The van der Waals surface area contributed by atoms with Gasteiger partial charge >= 0.3 is 11.9 Å². The van der Waals surface area contributed by atoms with Crippen LogP contribution in [-0.4, -0.2) is 58.1 Å². The lowest BCUT2D eigenvalue weighted by Crippen LogP contribution is -2.42. The number of carboxylic acids is 1. The zero-order chi connectivity index (χ0) is 22.4. The molecule has 2 unspecified atom stereocenters. The minimum absolute atomic E-state index is 0.0133. The summed E-state index contributed by atoms with van der Waals surface area (Å²) in [7, 11) is 1.33. The van der Waals surface area contributed by atoms with Crippen LogP contribution >= 0.6 is 35.0 Å². The Balaban J connectivity index is 1.80. The van der Waals surface area contributed by atoms with E-state index in [0.29, 0.717) is 46.0 Å². The molecule has 7 nitrogen and oxygen atoms in total. The Labute approximate surface area is 194 Å². The molecule has 1 fully saturated rings. The number of ether oxygens (including phenoxy) is 1. The topological polar surface area (TPSA) is 92.6 Å². The maximum Gasteiger partial charge on any atom is 0.328 e. The van der Waals surface area contributed by atoms with Crippen molar-refractivity contribution in [3.8, 4) is 0 Å². The number of piperidine rings is 1. The number of aliphatic carboxylic acids is 1. The zero-order valence-electron chi connectivity index (χ0n) is 16.7. The monoisotopic (exact) mass is 481 g/mol. The van der Waals surface area contributed by atoms with E-state index < -0.39 is 18.0 Å². The summed E-state index contributed by atoms with van der Waals surface area (Å²) in [4.78, 5) is 26.0. The van der Waals surface area contributed by atoms with Crippen LogP contribution < -0.4 is 0 Å². The molecule has 0 aliphatic carbocycles. The maximum atomic E-state index is 12.6. The van der Waals surface area contributed by atoms with Crippen molar-refractivity contribution in [3.05, 3.63) is 63.8 Å². The highest BCUT2D eigenvalue weighted by Gasteiger charge is 2.35. The third-order valence-electron chi connectivity index (χ3n) is 5.01. The lowest BCUT2D eigenvalue weighted by molar-refractivity contribution is -0.147. The maximum absolute atomic E-state index is 12.6. The van der Waals surface area contributed by atoms with Crippen molar-refractivity contribution in [1.82, 2.24) is 15.1 Å². The first-order chi connectivity index (χ1) is 14.9. The molecule has 1 saturated heterocycles. The zero-order valence-corrected chi connectivity index (χ0v) is 19.0. The number of esters is 1. The van der Waals surface area contributed by atoms with Crippen LogP contribution in [0.4, 0.5) is 0 Å². The molecule has 1 N–H and O–H groups in total. The van der Waals surface area contributed by atoms with E-state index in [1.807, 2.05) is 11.0 Å². The predicted molar refractivity (Wildman–Crippen MR) is 119 cm³/mol. The number of thioether (sulfide) groups is 1. The average molecular weight is 482 g/mol. The fourth-order valence-electron chi connectivity index (χ4n) is 3.53. The van der Waals surface area contributed by atoms with Crippen molar-refractivity contribution >= 4 is 46.9 Å². The van der Waals surface area contributed by atoms with Crippen LogP contribution in [0.3, 0.4) is 0 Å². The van der Waals surface area contributed by atoms with Gasteiger partial charge in [0.15, 0.2) is 5.15 Å². The number of nitrogens with zero attached hydrogens (tertiary/aromatic N) is 3. The second-order valence-electron chi connectivity index (χ2n) is 6.97. The van der Waals surface area contributed by atoms with Crippen molar-refractivity contribution in [2.45, 2.75) is 17.5 Å². The fourth-order valence-corrected chi connectivity index (χ4v) is 4.89. The van der Waals surface area contributed by atoms with Gasteiger partial charge in [0, 0.05) is 29.9 Å². The highest BCUT2D eigenvalue weighted by atomic mass is 35.5. The van der Waals surface area contributed by atoms with Gasteiger partial charge in [-0.2, -0.15) is 0 Å². The van der Waals surface area contributed by atoms with Gasteiger partial charge in [-0.05, 0) is 41.7 Å². The summed E-state index contributed by atoms with van der Waals surface area (Å²) in [5, 5.41) is 18.7. The number of carboxylic acid groups (broad SMARTS) is 1.